The Kier molecular flexibility index (Phi) is 5.71. The number of nitrogens with zero attached hydrogens (tertiary/aromatic N) is 1. The van der Waals surface area contributed by atoms with Crippen LogP contribution in [0.3, 0.4) is 0 Å². The van der Waals surface area contributed by atoms with E-state index in [1.807, 2.05) is 7.05 Å². The molecule has 7 nitrogen and oxygen atoms in total. The van der Waals surface area contributed by atoms with E-state index in [0.29, 0.717) is 12.6 Å². The molecule has 1 aliphatic heterocycles. The van der Waals surface area contributed by atoms with Crippen molar-refractivity contribution < 1.29 is 17.9 Å². The number of nitrogens with one attached hydrogen (secondary N) is 1. The fraction of sp³-hybridized carbons (Fsp3) is 0.562. The third-order valence-corrected chi connectivity index (χ3v) is 6.25. The highest BCUT2D eigenvalue weighted by Gasteiger charge is 2.24. The molecule has 1 amide bonds. The zero-order valence-electron chi connectivity index (χ0n) is 14.3. The molecule has 0 radical (unpaired) electrons. The monoisotopic (exact) mass is 355 g/mol. The van der Waals surface area contributed by atoms with Gasteiger partial charge in [-0.15, -0.1) is 0 Å². The van der Waals surface area contributed by atoms with Crippen LogP contribution in [0.15, 0.2) is 17.0 Å². The minimum Gasteiger partial charge on any atom is -0.496 e. The van der Waals surface area contributed by atoms with Gasteiger partial charge in [0.15, 0.2) is 9.84 Å². The van der Waals surface area contributed by atoms with Crippen LogP contribution in [-0.4, -0.2) is 58.3 Å². The highest BCUT2D eigenvalue weighted by molar-refractivity contribution is 7.91. The first-order valence-corrected chi connectivity index (χ1v) is 9.64. The zero-order valence-corrected chi connectivity index (χ0v) is 15.1. The van der Waals surface area contributed by atoms with E-state index >= 15 is 0 Å². The van der Waals surface area contributed by atoms with E-state index in [2.05, 4.69) is 10.2 Å². The number of likely N-dealkylation sites (N-methyl/N-ethyl adjacent to an activating group) is 1. The number of sulfone groups is 1. The van der Waals surface area contributed by atoms with Crippen molar-refractivity contribution in [3.63, 3.8) is 0 Å². The number of hydrogen-bond acceptors (Lipinski definition) is 6. The number of ether oxygens (including phenoxy) is 1. The molecule has 24 heavy (non-hydrogen) atoms. The summed E-state index contributed by atoms with van der Waals surface area (Å²) >= 11 is 0. The van der Waals surface area contributed by atoms with Crippen LogP contribution in [0.25, 0.3) is 0 Å². The van der Waals surface area contributed by atoms with Crippen molar-refractivity contribution in [1.29, 1.82) is 0 Å². The maximum Gasteiger partial charge on any atom is 0.255 e. The summed E-state index contributed by atoms with van der Waals surface area (Å²) in [5, 5.41) is 2.87. The highest BCUT2D eigenvalue weighted by Crippen LogP contribution is 2.29. The number of anilines is 1. The quantitative estimate of drug-likeness (QED) is 0.735. The SMILES string of the molecule is CCS(=O)(=O)c1cc(C(=O)NC[C@@H]2CCCN2C)c(OC)cc1N. The Hall–Kier alpha value is -1.80. The van der Waals surface area contributed by atoms with Gasteiger partial charge in [0.1, 0.15) is 5.75 Å². The molecule has 1 fully saturated rings. The van der Waals surface area contributed by atoms with Crippen molar-refractivity contribution in [2.24, 2.45) is 0 Å². The van der Waals surface area contributed by atoms with E-state index in [9.17, 15) is 13.2 Å². The van der Waals surface area contributed by atoms with Crippen molar-refractivity contribution in [3.8, 4) is 5.75 Å². The number of likely N-dealkylation sites (tertiary alicyclic amines) is 1. The van der Waals surface area contributed by atoms with Gasteiger partial charge in [0.2, 0.25) is 0 Å². The Morgan fingerprint density at radius 2 is 2.17 bits per heavy atom. The fourth-order valence-corrected chi connectivity index (χ4v) is 3.92. The molecule has 1 aliphatic rings. The second-order valence-corrected chi connectivity index (χ2v) is 8.23. The lowest BCUT2D eigenvalue weighted by atomic mass is 10.1. The number of carbonyl (C=O) groups is 1. The number of nitrogens with two attached hydrogens (primary N) is 1. The first kappa shape index (κ1) is 18.5. The van der Waals surface area contributed by atoms with Crippen molar-refractivity contribution in [2.45, 2.75) is 30.7 Å². The van der Waals surface area contributed by atoms with Gasteiger partial charge in [-0.3, -0.25) is 4.79 Å². The summed E-state index contributed by atoms with van der Waals surface area (Å²) in [7, 11) is -0.0698. The third-order valence-electron chi connectivity index (χ3n) is 4.46. The van der Waals surface area contributed by atoms with Crippen molar-refractivity contribution >= 4 is 21.4 Å². The number of carbonyl (C=O) groups excluding carboxylic acids is 1. The molecular weight excluding hydrogens is 330 g/mol. The topological polar surface area (TPSA) is 102 Å². The van der Waals surface area contributed by atoms with E-state index in [1.54, 1.807) is 0 Å². The maximum atomic E-state index is 12.5. The molecule has 0 bridgehead atoms. The molecule has 1 atom stereocenters. The van der Waals surface area contributed by atoms with Crippen LogP contribution in [0.4, 0.5) is 5.69 Å². The molecule has 3 N–H and O–H groups in total. The fourth-order valence-electron chi connectivity index (χ4n) is 2.89. The lowest BCUT2D eigenvalue weighted by Crippen LogP contribution is -2.38. The lowest BCUT2D eigenvalue weighted by Gasteiger charge is -2.20. The first-order valence-electron chi connectivity index (χ1n) is 7.98. The van der Waals surface area contributed by atoms with E-state index in [-0.39, 0.29) is 33.6 Å². The Morgan fingerprint density at radius 3 is 2.71 bits per heavy atom. The van der Waals surface area contributed by atoms with Gasteiger partial charge in [0.05, 0.1) is 29.0 Å². The molecule has 0 saturated carbocycles. The number of methoxy groups -OCH3 is 1. The van der Waals surface area contributed by atoms with Crippen molar-refractivity contribution in [1.82, 2.24) is 10.2 Å². The third kappa shape index (κ3) is 3.81. The minimum absolute atomic E-state index is 0.0334. The van der Waals surface area contributed by atoms with E-state index < -0.39 is 9.84 Å². The van der Waals surface area contributed by atoms with Gasteiger partial charge in [0, 0.05) is 18.7 Å². The Morgan fingerprint density at radius 1 is 1.46 bits per heavy atom. The predicted octanol–water partition coefficient (Wildman–Crippen LogP) is 0.895. The molecule has 0 aromatic heterocycles. The van der Waals surface area contributed by atoms with Gasteiger partial charge in [-0.25, -0.2) is 8.42 Å². The molecule has 8 heteroatoms. The number of amides is 1. The molecule has 0 aliphatic carbocycles. The summed E-state index contributed by atoms with van der Waals surface area (Å²) in [5.41, 5.74) is 6.09. The Labute approximate surface area is 143 Å². The summed E-state index contributed by atoms with van der Waals surface area (Å²) in [6, 6.07) is 2.99. The van der Waals surface area contributed by atoms with Crippen LogP contribution in [0.5, 0.6) is 5.75 Å². The second-order valence-electron chi connectivity index (χ2n) is 5.98. The summed E-state index contributed by atoms with van der Waals surface area (Å²) in [6.45, 7) is 3.07. The number of hydrogen-bond donors (Lipinski definition) is 2. The molecular formula is C16H25N3O4S. The molecule has 1 heterocycles. The summed E-state index contributed by atoms with van der Waals surface area (Å²) in [4.78, 5) is 14.7. The average Bonchev–Trinajstić information content (AvgIpc) is 2.97. The van der Waals surface area contributed by atoms with Crippen LogP contribution in [0.1, 0.15) is 30.1 Å². The molecule has 0 spiro atoms. The first-order chi connectivity index (χ1) is 11.3. The van der Waals surface area contributed by atoms with Crippen LogP contribution in [-0.2, 0) is 9.84 Å². The second kappa shape index (κ2) is 7.40. The number of benzene rings is 1. The van der Waals surface area contributed by atoms with Crippen LogP contribution < -0.4 is 15.8 Å². The van der Waals surface area contributed by atoms with E-state index in [0.717, 1.165) is 19.4 Å². The highest BCUT2D eigenvalue weighted by atomic mass is 32.2. The number of rotatable bonds is 6. The summed E-state index contributed by atoms with van der Waals surface area (Å²) in [6.07, 6.45) is 2.15. The molecule has 1 aromatic rings. The van der Waals surface area contributed by atoms with Crippen molar-refractivity contribution in [2.75, 3.05) is 38.7 Å². The van der Waals surface area contributed by atoms with E-state index in [1.165, 1.54) is 26.2 Å². The normalized spacial score (nSPS) is 18.5. The molecule has 1 saturated heterocycles. The average molecular weight is 355 g/mol. The summed E-state index contributed by atoms with van der Waals surface area (Å²) in [5.74, 6) is -0.184. The molecule has 1 aromatic carbocycles. The van der Waals surface area contributed by atoms with Crippen molar-refractivity contribution in [3.05, 3.63) is 17.7 Å². The zero-order chi connectivity index (χ0) is 17.9. The van der Waals surface area contributed by atoms with Gasteiger partial charge in [-0.2, -0.15) is 0 Å². The molecule has 0 unspecified atom stereocenters. The van der Waals surface area contributed by atoms with E-state index in [4.69, 9.17) is 10.5 Å². The smallest absolute Gasteiger partial charge is 0.255 e. The van der Waals surface area contributed by atoms with Gasteiger partial charge in [-0.1, -0.05) is 6.92 Å². The maximum absolute atomic E-state index is 12.5. The molecule has 2 rings (SSSR count). The van der Waals surface area contributed by atoms with Crippen LogP contribution in [0, 0.1) is 0 Å². The van der Waals surface area contributed by atoms with Gasteiger partial charge < -0.3 is 20.7 Å². The lowest BCUT2D eigenvalue weighted by molar-refractivity contribution is 0.0940. The Balaban J connectivity index is 2.27. The van der Waals surface area contributed by atoms with Gasteiger partial charge in [0.25, 0.3) is 5.91 Å². The predicted molar refractivity (Wildman–Crippen MR) is 93.1 cm³/mol. The summed E-state index contributed by atoms with van der Waals surface area (Å²) < 4.78 is 29.5. The van der Waals surface area contributed by atoms with Crippen LogP contribution in [0.2, 0.25) is 0 Å². The largest absolute Gasteiger partial charge is 0.496 e. The van der Waals surface area contributed by atoms with Gasteiger partial charge >= 0.3 is 0 Å². The van der Waals surface area contributed by atoms with Crippen LogP contribution >= 0.6 is 0 Å². The van der Waals surface area contributed by atoms with Gasteiger partial charge in [-0.05, 0) is 32.5 Å². The number of nitrogen functional groups attached to an aromatic ring is 1. The minimum atomic E-state index is -3.52. The standard InChI is InChI=1S/C16H25N3O4S/c1-4-24(21,22)15-8-12(14(23-3)9-13(15)17)16(20)18-10-11-6-5-7-19(11)2/h8-9,11H,4-7,10,17H2,1-3H3,(H,18,20)/t11-/m0/s1. The molecule has 134 valence electrons. The Bertz CT molecular complexity index is 718.